The van der Waals surface area contributed by atoms with E-state index in [1.165, 1.54) is 11.1 Å². The third-order valence-electron chi connectivity index (χ3n) is 3.79. The molecule has 3 heteroatoms. The van der Waals surface area contributed by atoms with Gasteiger partial charge in [-0.2, -0.15) is 5.26 Å². The van der Waals surface area contributed by atoms with Crippen LogP contribution in [0, 0.1) is 23.2 Å². The molecule has 1 aromatic carbocycles. The van der Waals surface area contributed by atoms with Gasteiger partial charge in [-0.1, -0.05) is 38.1 Å². The fourth-order valence-electron chi connectivity index (χ4n) is 2.91. The summed E-state index contributed by atoms with van der Waals surface area (Å²) in [5, 5.41) is 8.75. The van der Waals surface area contributed by atoms with E-state index in [4.69, 9.17) is 5.26 Å². The lowest BCUT2D eigenvalue weighted by Crippen LogP contribution is -2.39. The van der Waals surface area contributed by atoms with Crippen molar-refractivity contribution in [1.29, 1.82) is 5.26 Å². The van der Waals surface area contributed by atoms with Gasteiger partial charge in [0, 0.05) is 19.0 Å². The summed E-state index contributed by atoms with van der Waals surface area (Å²) in [6.07, 6.45) is 2.10. The Balaban J connectivity index is 2.04. The maximum atomic E-state index is 12.7. The molecule has 0 spiro atoms. The number of fused-ring (bicyclic) bond motifs is 1. The highest BCUT2D eigenvalue weighted by Crippen LogP contribution is 2.28. The first kappa shape index (κ1) is 14.6. The second kappa shape index (κ2) is 6.56. The Hall–Kier alpha value is -1.82. The van der Waals surface area contributed by atoms with Gasteiger partial charge in [-0.25, -0.2) is 0 Å². The van der Waals surface area contributed by atoms with Crippen molar-refractivity contribution in [3.63, 3.8) is 0 Å². The number of carbonyl (C=O) groups is 1. The topological polar surface area (TPSA) is 44.1 Å². The predicted octanol–water partition coefficient (Wildman–Crippen LogP) is 2.80. The molecule has 0 N–H and O–H groups in total. The summed E-state index contributed by atoms with van der Waals surface area (Å²) in [5.41, 5.74) is 2.60. The molecule has 0 aliphatic heterocycles. The summed E-state index contributed by atoms with van der Waals surface area (Å²) in [7, 11) is 0. The molecule has 0 saturated carbocycles. The molecule has 3 nitrogen and oxygen atoms in total. The van der Waals surface area contributed by atoms with Gasteiger partial charge in [-0.15, -0.1) is 0 Å². The third-order valence-corrected chi connectivity index (χ3v) is 3.79. The van der Waals surface area contributed by atoms with Gasteiger partial charge in [0.1, 0.15) is 0 Å². The molecule has 20 heavy (non-hydrogen) atoms. The van der Waals surface area contributed by atoms with Crippen molar-refractivity contribution in [2.75, 3.05) is 13.1 Å². The average Bonchev–Trinajstić information content (AvgIpc) is 2.86. The first-order valence-electron chi connectivity index (χ1n) is 7.34. The summed E-state index contributed by atoms with van der Waals surface area (Å²) in [6, 6.07) is 10.4. The Labute approximate surface area is 121 Å². The highest BCUT2D eigenvalue weighted by Gasteiger charge is 2.30. The van der Waals surface area contributed by atoms with Crippen LogP contribution < -0.4 is 0 Å². The standard InChI is InChI=1S/C17H22N2O/c1-13(2)12-19(9-5-8-18)17(20)16-10-14-6-3-4-7-15(14)11-16/h3-4,6-7,13,16H,5,9-12H2,1-2H3. The normalized spacial score (nSPS) is 14.1. The summed E-state index contributed by atoms with van der Waals surface area (Å²) in [6.45, 7) is 5.51. The van der Waals surface area contributed by atoms with Gasteiger partial charge in [-0.3, -0.25) is 4.79 Å². The second-order valence-electron chi connectivity index (χ2n) is 5.96. The highest BCUT2D eigenvalue weighted by atomic mass is 16.2. The predicted molar refractivity (Wildman–Crippen MR) is 79.0 cm³/mol. The van der Waals surface area contributed by atoms with Crippen LogP contribution in [0.4, 0.5) is 0 Å². The molecular formula is C17H22N2O. The lowest BCUT2D eigenvalue weighted by atomic mass is 10.0. The van der Waals surface area contributed by atoms with E-state index in [1.54, 1.807) is 0 Å². The van der Waals surface area contributed by atoms with Crippen LogP contribution in [0.15, 0.2) is 24.3 Å². The van der Waals surface area contributed by atoms with Gasteiger partial charge in [0.15, 0.2) is 0 Å². The van der Waals surface area contributed by atoms with Gasteiger partial charge in [0.05, 0.1) is 12.5 Å². The van der Waals surface area contributed by atoms with Crippen molar-refractivity contribution in [2.24, 2.45) is 11.8 Å². The molecule has 106 valence electrons. The Morgan fingerprint density at radius 1 is 1.35 bits per heavy atom. The van der Waals surface area contributed by atoms with E-state index in [1.807, 2.05) is 17.0 Å². The van der Waals surface area contributed by atoms with Crippen molar-refractivity contribution in [2.45, 2.75) is 33.1 Å². The minimum absolute atomic E-state index is 0.0600. The maximum absolute atomic E-state index is 12.7. The second-order valence-corrected chi connectivity index (χ2v) is 5.96. The van der Waals surface area contributed by atoms with E-state index < -0.39 is 0 Å². The fraction of sp³-hybridized carbons (Fsp3) is 0.529. The molecule has 0 aromatic heterocycles. The molecule has 0 bridgehead atoms. The molecule has 2 rings (SSSR count). The van der Waals surface area contributed by atoms with Crippen molar-refractivity contribution in [3.05, 3.63) is 35.4 Å². The Morgan fingerprint density at radius 2 is 1.95 bits per heavy atom. The molecule has 1 aliphatic rings. The van der Waals surface area contributed by atoms with Gasteiger partial charge in [0.25, 0.3) is 0 Å². The van der Waals surface area contributed by atoms with Crippen LogP contribution in [-0.4, -0.2) is 23.9 Å². The largest absolute Gasteiger partial charge is 0.341 e. The number of amides is 1. The molecule has 0 saturated heterocycles. The number of nitriles is 1. The molecule has 1 aromatic rings. The Bertz CT molecular complexity index is 491. The maximum Gasteiger partial charge on any atom is 0.226 e. The van der Waals surface area contributed by atoms with E-state index in [0.717, 1.165) is 19.4 Å². The van der Waals surface area contributed by atoms with Crippen LogP contribution in [0.3, 0.4) is 0 Å². The van der Waals surface area contributed by atoms with E-state index in [-0.39, 0.29) is 11.8 Å². The average molecular weight is 270 g/mol. The Kier molecular flexibility index (Phi) is 4.79. The van der Waals surface area contributed by atoms with Crippen molar-refractivity contribution in [1.82, 2.24) is 4.90 Å². The zero-order valence-electron chi connectivity index (χ0n) is 12.3. The lowest BCUT2D eigenvalue weighted by Gasteiger charge is -2.26. The van der Waals surface area contributed by atoms with E-state index in [9.17, 15) is 4.79 Å². The summed E-state index contributed by atoms with van der Waals surface area (Å²) >= 11 is 0. The van der Waals surface area contributed by atoms with E-state index >= 15 is 0 Å². The summed E-state index contributed by atoms with van der Waals surface area (Å²) in [5.74, 6) is 0.705. The van der Waals surface area contributed by atoms with Gasteiger partial charge in [-0.05, 0) is 29.9 Å². The number of nitrogens with zero attached hydrogens (tertiary/aromatic N) is 2. The molecule has 0 fully saturated rings. The van der Waals surface area contributed by atoms with Crippen LogP contribution in [0.2, 0.25) is 0 Å². The van der Waals surface area contributed by atoms with E-state index in [2.05, 4.69) is 32.0 Å². The third kappa shape index (κ3) is 3.39. The molecule has 0 unspecified atom stereocenters. The first-order chi connectivity index (χ1) is 9.61. The van der Waals surface area contributed by atoms with Crippen LogP contribution in [0.5, 0.6) is 0 Å². The van der Waals surface area contributed by atoms with Crippen molar-refractivity contribution >= 4 is 5.91 Å². The highest BCUT2D eigenvalue weighted by molar-refractivity contribution is 5.80. The minimum atomic E-state index is 0.0600. The van der Waals surface area contributed by atoms with Gasteiger partial charge >= 0.3 is 0 Å². The lowest BCUT2D eigenvalue weighted by molar-refractivity contribution is -0.135. The zero-order chi connectivity index (χ0) is 14.5. The smallest absolute Gasteiger partial charge is 0.226 e. The molecule has 0 atom stereocenters. The number of carbonyl (C=O) groups excluding carboxylic acids is 1. The first-order valence-corrected chi connectivity index (χ1v) is 7.34. The summed E-state index contributed by atoms with van der Waals surface area (Å²) < 4.78 is 0. The minimum Gasteiger partial charge on any atom is -0.341 e. The van der Waals surface area contributed by atoms with Crippen LogP contribution in [0.25, 0.3) is 0 Å². The zero-order valence-corrected chi connectivity index (χ0v) is 12.3. The molecule has 1 aliphatic carbocycles. The number of hydrogen-bond donors (Lipinski definition) is 0. The van der Waals surface area contributed by atoms with Crippen molar-refractivity contribution in [3.8, 4) is 6.07 Å². The number of rotatable bonds is 5. The van der Waals surface area contributed by atoms with Gasteiger partial charge in [0.2, 0.25) is 5.91 Å². The van der Waals surface area contributed by atoms with Crippen LogP contribution in [0.1, 0.15) is 31.4 Å². The fourth-order valence-corrected chi connectivity index (χ4v) is 2.91. The molecule has 0 radical (unpaired) electrons. The van der Waals surface area contributed by atoms with Crippen molar-refractivity contribution < 1.29 is 4.79 Å². The number of benzene rings is 1. The van der Waals surface area contributed by atoms with E-state index in [0.29, 0.717) is 18.9 Å². The van der Waals surface area contributed by atoms with Gasteiger partial charge < -0.3 is 4.90 Å². The molecule has 0 heterocycles. The van der Waals surface area contributed by atoms with Crippen LogP contribution in [-0.2, 0) is 17.6 Å². The summed E-state index contributed by atoms with van der Waals surface area (Å²) in [4.78, 5) is 14.6. The monoisotopic (exact) mass is 270 g/mol. The Morgan fingerprint density at radius 3 is 2.45 bits per heavy atom. The quantitative estimate of drug-likeness (QED) is 0.825. The molecular weight excluding hydrogens is 248 g/mol. The number of hydrogen-bond acceptors (Lipinski definition) is 2. The molecule has 1 amide bonds. The van der Waals surface area contributed by atoms with Crippen LogP contribution >= 0.6 is 0 Å². The SMILES string of the molecule is CC(C)CN(CCC#N)C(=O)C1Cc2ccccc2C1.